The highest BCUT2D eigenvalue weighted by Crippen LogP contribution is 2.10. The van der Waals surface area contributed by atoms with Crippen LogP contribution in [0, 0.1) is 0 Å². The van der Waals surface area contributed by atoms with Crippen LogP contribution in [0.15, 0.2) is 23.0 Å². The first-order chi connectivity index (χ1) is 7.19. The lowest BCUT2D eigenvalue weighted by atomic mass is 10.1. The molecule has 1 heterocycles. The number of aromatic nitrogens is 2. The first-order valence-corrected chi connectivity index (χ1v) is 4.60. The summed E-state index contributed by atoms with van der Waals surface area (Å²) in [5, 5.41) is 2.55. The quantitative estimate of drug-likeness (QED) is 0.652. The van der Waals surface area contributed by atoms with Gasteiger partial charge in [0.15, 0.2) is 0 Å². The predicted octanol–water partition coefficient (Wildman–Crippen LogP) is 0.145. The van der Waals surface area contributed by atoms with Crippen molar-refractivity contribution in [1.29, 1.82) is 0 Å². The smallest absolute Gasteiger partial charge is 0.323 e. The van der Waals surface area contributed by atoms with Crippen molar-refractivity contribution >= 4 is 16.9 Å². The van der Waals surface area contributed by atoms with Crippen molar-refractivity contribution in [2.45, 2.75) is 6.42 Å². The van der Waals surface area contributed by atoms with Crippen molar-refractivity contribution < 1.29 is 4.79 Å². The zero-order chi connectivity index (χ0) is 10.8. The van der Waals surface area contributed by atoms with Crippen molar-refractivity contribution in [3.8, 4) is 0 Å². The molecule has 5 nitrogen and oxygen atoms in total. The van der Waals surface area contributed by atoms with Gasteiger partial charge in [0.05, 0.1) is 17.5 Å². The fourth-order valence-electron chi connectivity index (χ4n) is 1.46. The molecule has 0 aliphatic rings. The lowest BCUT2D eigenvalue weighted by Gasteiger charge is -1.99. The molecule has 1 aromatic heterocycles. The van der Waals surface area contributed by atoms with E-state index in [9.17, 15) is 9.59 Å². The Labute approximate surface area is 85.5 Å². The summed E-state index contributed by atoms with van der Waals surface area (Å²) in [4.78, 5) is 27.4. The van der Waals surface area contributed by atoms with Crippen molar-refractivity contribution in [2.75, 3.05) is 7.05 Å². The minimum Gasteiger partial charge on any atom is -0.359 e. The third-order valence-corrected chi connectivity index (χ3v) is 2.22. The van der Waals surface area contributed by atoms with Crippen LogP contribution >= 0.6 is 0 Å². The monoisotopic (exact) mass is 205 g/mol. The summed E-state index contributed by atoms with van der Waals surface area (Å²) in [5.41, 5.74) is 2.11. The number of carbonyl (C=O) groups excluding carboxylic acids is 1. The Morgan fingerprint density at radius 1 is 1.33 bits per heavy atom. The molecule has 0 saturated heterocycles. The molecule has 15 heavy (non-hydrogen) atoms. The van der Waals surface area contributed by atoms with Crippen LogP contribution in [0.4, 0.5) is 0 Å². The van der Waals surface area contributed by atoms with Gasteiger partial charge in [-0.1, -0.05) is 6.07 Å². The second-order valence-corrected chi connectivity index (χ2v) is 3.31. The molecule has 0 aliphatic carbocycles. The average molecular weight is 205 g/mol. The molecule has 0 saturated carbocycles. The summed E-state index contributed by atoms with van der Waals surface area (Å²) in [6.07, 6.45) is 0.319. The number of H-pyrrole nitrogens is 2. The highest BCUT2D eigenvalue weighted by atomic mass is 16.1. The minimum atomic E-state index is -0.234. The van der Waals surface area contributed by atoms with Crippen molar-refractivity contribution in [1.82, 2.24) is 15.3 Å². The van der Waals surface area contributed by atoms with Gasteiger partial charge in [-0.2, -0.15) is 0 Å². The molecule has 2 aromatic rings. The molecule has 0 radical (unpaired) electrons. The summed E-state index contributed by atoms with van der Waals surface area (Å²) in [6, 6.07) is 5.40. The lowest BCUT2D eigenvalue weighted by Crippen LogP contribution is -2.19. The van der Waals surface area contributed by atoms with E-state index in [0.717, 1.165) is 16.6 Å². The Morgan fingerprint density at radius 2 is 2.07 bits per heavy atom. The van der Waals surface area contributed by atoms with Crippen molar-refractivity contribution in [3.63, 3.8) is 0 Å². The Hall–Kier alpha value is -2.04. The average Bonchev–Trinajstić information content (AvgIpc) is 2.57. The second-order valence-electron chi connectivity index (χ2n) is 3.31. The van der Waals surface area contributed by atoms with Gasteiger partial charge < -0.3 is 15.3 Å². The number of hydrogen-bond acceptors (Lipinski definition) is 2. The molecular formula is C10H11N3O2. The molecule has 5 heteroatoms. The molecule has 0 aliphatic heterocycles. The van der Waals surface area contributed by atoms with Gasteiger partial charge in [0, 0.05) is 7.05 Å². The highest BCUT2D eigenvalue weighted by molar-refractivity contribution is 5.81. The number of rotatable bonds is 2. The normalized spacial score (nSPS) is 10.5. The fraction of sp³-hybridized carbons (Fsp3) is 0.200. The van der Waals surface area contributed by atoms with Crippen LogP contribution in [-0.2, 0) is 11.2 Å². The lowest BCUT2D eigenvalue weighted by molar-refractivity contribution is -0.119. The number of imidazole rings is 1. The van der Waals surface area contributed by atoms with E-state index >= 15 is 0 Å². The Morgan fingerprint density at radius 3 is 2.80 bits per heavy atom. The van der Waals surface area contributed by atoms with Gasteiger partial charge in [-0.3, -0.25) is 4.79 Å². The van der Waals surface area contributed by atoms with Gasteiger partial charge in [0.25, 0.3) is 0 Å². The Bertz CT molecular complexity index is 553. The number of nitrogens with one attached hydrogen (secondary N) is 3. The fourth-order valence-corrected chi connectivity index (χ4v) is 1.46. The van der Waals surface area contributed by atoms with E-state index in [1.165, 1.54) is 0 Å². The maximum atomic E-state index is 11.1. The molecule has 1 aromatic carbocycles. The third kappa shape index (κ3) is 1.90. The van der Waals surface area contributed by atoms with Crippen molar-refractivity contribution in [3.05, 3.63) is 34.2 Å². The van der Waals surface area contributed by atoms with Gasteiger partial charge in [-0.15, -0.1) is 0 Å². The molecule has 78 valence electrons. The van der Waals surface area contributed by atoms with E-state index < -0.39 is 0 Å². The van der Waals surface area contributed by atoms with E-state index in [4.69, 9.17) is 0 Å². The second kappa shape index (κ2) is 3.61. The summed E-state index contributed by atoms with van der Waals surface area (Å²) in [7, 11) is 1.60. The molecule has 0 bridgehead atoms. The largest absolute Gasteiger partial charge is 0.359 e. The zero-order valence-electron chi connectivity index (χ0n) is 8.26. The van der Waals surface area contributed by atoms with Crippen LogP contribution in [0.3, 0.4) is 0 Å². The molecule has 1 amide bonds. The summed E-state index contributed by atoms with van der Waals surface area (Å²) < 4.78 is 0. The van der Waals surface area contributed by atoms with E-state index in [0.29, 0.717) is 6.42 Å². The number of aromatic amines is 2. The van der Waals surface area contributed by atoms with Crippen LogP contribution in [0.25, 0.3) is 11.0 Å². The number of fused-ring (bicyclic) bond motifs is 1. The van der Waals surface area contributed by atoms with E-state index in [1.54, 1.807) is 19.2 Å². The maximum Gasteiger partial charge on any atom is 0.323 e. The number of likely N-dealkylation sites (N-methyl/N-ethyl adjacent to an activating group) is 1. The maximum absolute atomic E-state index is 11.1. The zero-order valence-corrected chi connectivity index (χ0v) is 8.26. The number of hydrogen-bond donors (Lipinski definition) is 3. The number of amides is 1. The van der Waals surface area contributed by atoms with E-state index in [-0.39, 0.29) is 11.6 Å². The molecule has 0 unspecified atom stereocenters. The van der Waals surface area contributed by atoms with Gasteiger partial charge in [0.1, 0.15) is 0 Å². The van der Waals surface area contributed by atoms with Crippen molar-refractivity contribution in [2.24, 2.45) is 0 Å². The first-order valence-electron chi connectivity index (χ1n) is 4.60. The molecular weight excluding hydrogens is 194 g/mol. The minimum absolute atomic E-state index is 0.0489. The van der Waals surface area contributed by atoms with Crippen LogP contribution in [0.1, 0.15) is 5.56 Å². The first kappa shape index (κ1) is 9.51. The standard InChI is InChI=1S/C10H11N3O2/c1-11-9(14)5-6-2-3-7-8(4-6)13-10(15)12-7/h2-4H,5H2,1H3,(H,11,14)(H2,12,13,15). The number of carbonyl (C=O) groups is 1. The van der Waals surface area contributed by atoms with E-state index in [1.807, 2.05) is 6.07 Å². The number of benzene rings is 1. The molecule has 2 rings (SSSR count). The third-order valence-electron chi connectivity index (χ3n) is 2.22. The highest BCUT2D eigenvalue weighted by Gasteiger charge is 2.03. The van der Waals surface area contributed by atoms with Gasteiger partial charge in [-0.25, -0.2) is 4.79 Å². The molecule has 0 atom stereocenters. The predicted molar refractivity (Wildman–Crippen MR) is 56.7 cm³/mol. The van der Waals surface area contributed by atoms with Gasteiger partial charge in [0.2, 0.25) is 5.91 Å². The van der Waals surface area contributed by atoms with Crippen LogP contribution in [-0.4, -0.2) is 22.9 Å². The molecule has 0 fully saturated rings. The van der Waals surface area contributed by atoms with Crippen LogP contribution in [0.2, 0.25) is 0 Å². The molecule has 0 spiro atoms. The van der Waals surface area contributed by atoms with Gasteiger partial charge in [-0.05, 0) is 17.7 Å². The van der Waals surface area contributed by atoms with Crippen LogP contribution < -0.4 is 11.0 Å². The van der Waals surface area contributed by atoms with Gasteiger partial charge >= 0.3 is 5.69 Å². The Balaban J connectivity index is 2.38. The summed E-state index contributed by atoms with van der Waals surface area (Å²) >= 11 is 0. The topological polar surface area (TPSA) is 77.8 Å². The SMILES string of the molecule is CNC(=O)Cc1ccc2[nH]c(=O)[nH]c2c1. The van der Waals surface area contributed by atoms with E-state index in [2.05, 4.69) is 15.3 Å². The Kier molecular flexibility index (Phi) is 2.29. The molecule has 3 N–H and O–H groups in total. The van der Waals surface area contributed by atoms with Crippen LogP contribution in [0.5, 0.6) is 0 Å². The summed E-state index contributed by atoms with van der Waals surface area (Å²) in [5.74, 6) is -0.0489. The summed E-state index contributed by atoms with van der Waals surface area (Å²) in [6.45, 7) is 0.